The van der Waals surface area contributed by atoms with Gasteiger partial charge in [-0.05, 0) is 17.9 Å². The maximum absolute atomic E-state index is 12.5. The molecular weight excluding hydrogens is 354 g/mol. The highest BCUT2D eigenvalue weighted by atomic mass is 16.2. The number of nitrogens with one attached hydrogen (secondary N) is 1. The second-order valence-corrected chi connectivity index (χ2v) is 7.76. The fourth-order valence-corrected chi connectivity index (χ4v) is 2.99. The van der Waals surface area contributed by atoms with Gasteiger partial charge in [0.2, 0.25) is 11.9 Å². The Morgan fingerprint density at radius 1 is 1.14 bits per heavy atom. The van der Waals surface area contributed by atoms with Crippen molar-refractivity contribution in [1.29, 1.82) is 0 Å². The molecule has 148 valence electrons. The summed E-state index contributed by atoms with van der Waals surface area (Å²) in [6, 6.07) is 7.76. The van der Waals surface area contributed by atoms with Crippen LogP contribution >= 0.6 is 0 Å². The van der Waals surface area contributed by atoms with Crippen LogP contribution in [0.4, 0.5) is 5.95 Å². The number of hydrogen-bond acceptors (Lipinski definition) is 5. The predicted molar refractivity (Wildman–Crippen MR) is 109 cm³/mol. The summed E-state index contributed by atoms with van der Waals surface area (Å²) in [4.78, 5) is 36.7. The van der Waals surface area contributed by atoms with Crippen molar-refractivity contribution in [2.24, 2.45) is 11.8 Å². The van der Waals surface area contributed by atoms with Crippen molar-refractivity contribution in [1.82, 2.24) is 20.2 Å². The molecule has 7 nitrogen and oxygen atoms in total. The Labute approximate surface area is 165 Å². The first kappa shape index (κ1) is 19.8. The summed E-state index contributed by atoms with van der Waals surface area (Å²) in [6.45, 7) is 2.59. The largest absolute Gasteiger partial charge is 0.352 e. The first-order chi connectivity index (χ1) is 13.3. The van der Waals surface area contributed by atoms with Gasteiger partial charge in [-0.15, -0.1) is 0 Å². The van der Waals surface area contributed by atoms with E-state index in [4.69, 9.17) is 0 Å². The SMILES string of the molecule is C[C@H]1C[C@@H]1C(=O)NCc1ccc(-c2nc(N(C)C)ncc2C(=O)N(C)C)cc1. The Morgan fingerprint density at radius 2 is 1.79 bits per heavy atom. The number of amides is 2. The Balaban J connectivity index is 1.82. The van der Waals surface area contributed by atoms with E-state index in [1.165, 1.54) is 4.90 Å². The normalized spacial score (nSPS) is 17.8. The van der Waals surface area contributed by atoms with Gasteiger partial charge in [0.25, 0.3) is 5.91 Å². The lowest BCUT2D eigenvalue weighted by Crippen LogP contribution is -2.25. The van der Waals surface area contributed by atoms with Crippen LogP contribution in [-0.2, 0) is 11.3 Å². The smallest absolute Gasteiger partial charge is 0.257 e. The highest BCUT2D eigenvalue weighted by Gasteiger charge is 2.38. The monoisotopic (exact) mass is 381 g/mol. The predicted octanol–water partition coefficient (Wildman–Crippen LogP) is 2.18. The molecular formula is C21H27N5O2. The summed E-state index contributed by atoms with van der Waals surface area (Å²) in [6.07, 6.45) is 2.56. The van der Waals surface area contributed by atoms with E-state index in [9.17, 15) is 9.59 Å². The van der Waals surface area contributed by atoms with Crippen LogP contribution in [0.5, 0.6) is 0 Å². The number of carbonyl (C=O) groups excluding carboxylic acids is 2. The third kappa shape index (κ3) is 4.30. The highest BCUT2D eigenvalue weighted by molar-refractivity contribution is 5.99. The topological polar surface area (TPSA) is 78.4 Å². The molecule has 0 radical (unpaired) electrons. The van der Waals surface area contributed by atoms with E-state index in [2.05, 4.69) is 22.2 Å². The summed E-state index contributed by atoms with van der Waals surface area (Å²) in [5.41, 5.74) is 2.90. The zero-order valence-electron chi connectivity index (χ0n) is 17.1. The Morgan fingerprint density at radius 3 is 2.32 bits per heavy atom. The molecule has 1 saturated carbocycles. The maximum atomic E-state index is 12.5. The van der Waals surface area contributed by atoms with Gasteiger partial charge in [0.15, 0.2) is 0 Å². The van der Waals surface area contributed by atoms with Crippen molar-refractivity contribution >= 4 is 17.8 Å². The van der Waals surface area contributed by atoms with Crippen LogP contribution in [0, 0.1) is 11.8 Å². The van der Waals surface area contributed by atoms with Gasteiger partial charge >= 0.3 is 0 Å². The van der Waals surface area contributed by atoms with Crippen LogP contribution in [0.15, 0.2) is 30.5 Å². The van der Waals surface area contributed by atoms with Gasteiger partial charge in [-0.2, -0.15) is 0 Å². The molecule has 28 heavy (non-hydrogen) atoms. The van der Waals surface area contributed by atoms with Crippen molar-refractivity contribution in [3.05, 3.63) is 41.6 Å². The van der Waals surface area contributed by atoms with Gasteiger partial charge < -0.3 is 15.1 Å². The number of anilines is 1. The Kier molecular flexibility index (Phi) is 5.63. The summed E-state index contributed by atoms with van der Waals surface area (Å²) >= 11 is 0. The summed E-state index contributed by atoms with van der Waals surface area (Å²) < 4.78 is 0. The molecule has 0 spiro atoms. The molecule has 1 aliphatic carbocycles. The van der Waals surface area contributed by atoms with Gasteiger partial charge in [0.05, 0.1) is 11.3 Å². The molecule has 0 bridgehead atoms. The number of nitrogens with zero attached hydrogens (tertiary/aromatic N) is 4. The fraction of sp³-hybridized carbons (Fsp3) is 0.429. The van der Waals surface area contributed by atoms with E-state index in [-0.39, 0.29) is 17.7 Å². The third-order valence-electron chi connectivity index (χ3n) is 4.95. The second kappa shape index (κ2) is 7.96. The number of rotatable bonds is 6. The van der Waals surface area contributed by atoms with Crippen LogP contribution in [0.25, 0.3) is 11.3 Å². The van der Waals surface area contributed by atoms with Gasteiger partial charge in [0, 0.05) is 52.4 Å². The molecule has 1 heterocycles. The molecule has 2 amide bonds. The van der Waals surface area contributed by atoms with Gasteiger partial charge in [-0.3, -0.25) is 9.59 Å². The Hall–Kier alpha value is -2.96. The van der Waals surface area contributed by atoms with Crippen LogP contribution in [-0.4, -0.2) is 54.9 Å². The summed E-state index contributed by atoms with van der Waals surface area (Å²) in [5.74, 6) is 1.19. The average Bonchev–Trinajstić information content (AvgIpc) is 3.42. The van der Waals surface area contributed by atoms with Crippen molar-refractivity contribution in [2.75, 3.05) is 33.1 Å². The minimum atomic E-state index is -0.143. The van der Waals surface area contributed by atoms with Gasteiger partial charge in [-0.1, -0.05) is 31.2 Å². The van der Waals surface area contributed by atoms with Crippen molar-refractivity contribution in [3.8, 4) is 11.3 Å². The number of benzene rings is 1. The lowest BCUT2D eigenvalue weighted by Gasteiger charge is -2.16. The lowest BCUT2D eigenvalue weighted by molar-refractivity contribution is -0.122. The number of aromatic nitrogens is 2. The molecule has 0 saturated heterocycles. The molecule has 2 aromatic rings. The van der Waals surface area contributed by atoms with Crippen LogP contribution in [0.2, 0.25) is 0 Å². The van der Waals surface area contributed by atoms with Crippen molar-refractivity contribution < 1.29 is 9.59 Å². The summed E-state index contributed by atoms with van der Waals surface area (Å²) in [5, 5.41) is 2.99. The van der Waals surface area contributed by atoms with E-state index in [0.29, 0.717) is 29.7 Å². The first-order valence-electron chi connectivity index (χ1n) is 9.41. The van der Waals surface area contributed by atoms with Crippen molar-refractivity contribution in [3.63, 3.8) is 0 Å². The number of carbonyl (C=O) groups is 2. The molecule has 0 unspecified atom stereocenters. The molecule has 1 aromatic carbocycles. The van der Waals surface area contributed by atoms with Gasteiger partial charge in [0.1, 0.15) is 0 Å². The molecule has 1 aliphatic rings. The zero-order chi connectivity index (χ0) is 20.4. The Bertz CT molecular complexity index is 877. The molecule has 0 aliphatic heterocycles. The summed E-state index contributed by atoms with van der Waals surface area (Å²) in [7, 11) is 7.13. The first-order valence-corrected chi connectivity index (χ1v) is 9.41. The van der Waals surface area contributed by atoms with E-state index in [0.717, 1.165) is 17.5 Å². The molecule has 7 heteroatoms. The standard InChI is InChI=1S/C21H27N5O2/c1-13-10-16(13)19(27)22-11-14-6-8-15(9-7-14)18-17(20(28)25(2)3)12-23-21(24-18)26(4)5/h6-9,12-13,16H,10-11H2,1-5H3,(H,22,27)/t13-,16-/m0/s1. The lowest BCUT2D eigenvalue weighted by atomic mass is 10.0. The fourth-order valence-electron chi connectivity index (χ4n) is 2.99. The molecule has 3 rings (SSSR count). The minimum absolute atomic E-state index is 0.127. The molecule has 1 fully saturated rings. The van der Waals surface area contributed by atoms with E-state index in [1.54, 1.807) is 25.2 Å². The minimum Gasteiger partial charge on any atom is -0.352 e. The molecule has 2 atom stereocenters. The van der Waals surface area contributed by atoms with E-state index < -0.39 is 0 Å². The zero-order valence-corrected chi connectivity index (χ0v) is 17.1. The second-order valence-electron chi connectivity index (χ2n) is 7.76. The third-order valence-corrected chi connectivity index (χ3v) is 4.95. The number of hydrogen-bond donors (Lipinski definition) is 1. The van der Waals surface area contributed by atoms with Crippen LogP contribution in [0.1, 0.15) is 29.3 Å². The van der Waals surface area contributed by atoms with Gasteiger partial charge in [-0.25, -0.2) is 9.97 Å². The highest BCUT2D eigenvalue weighted by Crippen LogP contribution is 2.37. The van der Waals surface area contributed by atoms with Crippen LogP contribution < -0.4 is 10.2 Å². The van der Waals surface area contributed by atoms with Crippen LogP contribution in [0.3, 0.4) is 0 Å². The van der Waals surface area contributed by atoms with E-state index >= 15 is 0 Å². The molecule has 1 N–H and O–H groups in total. The molecule has 1 aromatic heterocycles. The van der Waals surface area contributed by atoms with E-state index in [1.807, 2.05) is 38.4 Å². The maximum Gasteiger partial charge on any atom is 0.257 e. The average molecular weight is 381 g/mol. The quantitative estimate of drug-likeness (QED) is 0.830. The van der Waals surface area contributed by atoms with Crippen molar-refractivity contribution in [2.45, 2.75) is 19.9 Å².